The molecular weight excluding hydrogens is 290 g/mol. The second-order valence-electron chi connectivity index (χ2n) is 5.77. The number of hydrogen-bond donors (Lipinski definition) is 1. The number of nitrogens with one attached hydrogen (secondary N) is 1. The van der Waals surface area contributed by atoms with Gasteiger partial charge in [0, 0.05) is 18.2 Å². The van der Waals surface area contributed by atoms with Crippen LogP contribution in [0, 0.1) is 0 Å². The van der Waals surface area contributed by atoms with E-state index in [2.05, 4.69) is 5.32 Å². The Kier molecular flexibility index (Phi) is 4.08. The lowest BCUT2D eigenvalue weighted by Gasteiger charge is -2.17. The highest BCUT2D eigenvalue weighted by atomic mass is 32.2. The molecule has 3 rings (SSSR count). The van der Waals surface area contributed by atoms with Gasteiger partial charge in [0.25, 0.3) is 0 Å². The molecule has 21 heavy (non-hydrogen) atoms. The molecule has 116 valence electrons. The molecule has 0 amide bonds. The summed E-state index contributed by atoms with van der Waals surface area (Å²) < 4.78 is 34.2. The van der Waals surface area contributed by atoms with Gasteiger partial charge in [0.2, 0.25) is 0 Å². The third-order valence-electron chi connectivity index (χ3n) is 3.91. The fraction of sp³-hybridized carbons (Fsp3) is 0.600. The van der Waals surface area contributed by atoms with Gasteiger partial charge < -0.3 is 14.8 Å². The van der Waals surface area contributed by atoms with E-state index in [-0.39, 0.29) is 17.6 Å². The maximum Gasteiger partial charge on any atom is 0.154 e. The van der Waals surface area contributed by atoms with Gasteiger partial charge in [-0.3, -0.25) is 0 Å². The van der Waals surface area contributed by atoms with E-state index in [4.69, 9.17) is 9.47 Å². The molecule has 1 aromatic rings. The lowest BCUT2D eigenvalue weighted by atomic mass is 10.1. The summed E-state index contributed by atoms with van der Waals surface area (Å²) in [5.41, 5.74) is 1.02. The molecule has 1 aliphatic carbocycles. The molecule has 1 unspecified atom stereocenters. The largest absolute Gasteiger partial charge is 0.497 e. The van der Waals surface area contributed by atoms with E-state index >= 15 is 0 Å². The Bertz CT molecular complexity index is 610. The fourth-order valence-corrected chi connectivity index (χ4v) is 4.10. The van der Waals surface area contributed by atoms with Crippen molar-refractivity contribution in [3.05, 3.63) is 23.8 Å². The lowest BCUT2D eigenvalue weighted by Crippen LogP contribution is -2.20. The zero-order chi connectivity index (χ0) is 14.9. The van der Waals surface area contributed by atoms with Crippen LogP contribution in [0.1, 0.15) is 24.8 Å². The average Bonchev–Trinajstić information content (AvgIpc) is 3.22. The van der Waals surface area contributed by atoms with Crippen molar-refractivity contribution in [1.82, 2.24) is 5.32 Å². The van der Waals surface area contributed by atoms with Gasteiger partial charge >= 0.3 is 0 Å². The zero-order valence-corrected chi connectivity index (χ0v) is 13.0. The Balaban J connectivity index is 1.72. The van der Waals surface area contributed by atoms with Crippen molar-refractivity contribution < 1.29 is 17.9 Å². The second kappa shape index (κ2) is 5.85. The maximum atomic E-state index is 11.5. The molecule has 1 saturated carbocycles. The van der Waals surface area contributed by atoms with Crippen LogP contribution in [0.3, 0.4) is 0 Å². The maximum absolute atomic E-state index is 11.5. The first-order valence-corrected chi connectivity index (χ1v) is 9.15. The molecule has 2 fully saturated rings. The third kappa shape index (κ3) is 3.89. The molecule has 1 aromatic carbocycles. The monoisotopic (exact) mass is 311 g/mol. The predicted octanol–water partition coefficient (Wildman–Crippen LogP) is 1.51. The van der Waals surface area contributed by atoms with E-state index in [1.54, 1.807) is 7.11 Å². The Morgan fingerprint density at radius 3 is 2.71 bits per heavy atom. The fourth-order valence-electron chi connectivity index (χ4n) is 2.51. The van der Waals surface area contributed by atoms with Crippen molar-refractivity contribution in [2.75, 3.05) is 18.6 Å². The molecule has 1 N–H and O–H groups in total. The summed E-state index contributed by atoms with van der Waals surface area (Å²) in [5.74, 6) is 1.89. The van der Waals surface area contributed by atoms with Crippen LogP contribution in [0.25, 0.3) is 0 Å². The van der Waals surface area contributed by atoms with Crippen molar-refractivity contribution in [2.45, 2.75) is 38.0 Å². The molecule has 0 spiro atoms. The van der Waals surface area contributed by atoms with Crippen LogP contribution in [-0.2, 0) is 16.4 Å². The molecule has 1 atom stereocenters. The first kappa shape index (κ1) is 14.7. The Hall–Kier alpha value is -1.27. The van der Waals surface area contributed by atoms with Gasteiger partial charge in [-0.2, -0.15) is 0 Å². The van der Waals surface area contributed by atoms with Crippen molar-refractivity contribution >= 4 is 9.84 Å². The smallest absolute Gasteiger partial charge is 0.154 e. The van der Waals surface area contributed by atoms with Gasteiger partial charge in [-0.05, 0) is 37.5 Å². The predicted molar refractivity (Wildman–Crippen MR) is 80.5 cm³/mol. The molecule has 0 radical (unpaired) electrons. The summed E-state index contributed by atoms with van der Waals surface area (Å²) in [6, 6.07) is 6.28. The number of rotatable bonds is 6. The number of hydrogen-bond acceptors (Lipinski definition) is 5. The molecule has 2 aliphatic rings. The van der Waals surface area contributed by atoms with Crippen molar-refractivity contribution in [3.63, 3.8) is 0 Å². The lowest BCUT2D eigenvalue weighted by molar-refractivity contribution is 0.226. The molecular formula is C15H21NO4S. The van der Waals surface area contributed by atoms with Gasteiger partial charge in [0.1, 0.15) is 17.6 Å². The Morgan fingerprint density at radius 2 is 2.10 bits per heavy atom. The summed E-state index contributed by atoms with van der Waals surface area (Å²) in [7, 11) is -1.29. The Morgan fingerprint density at radius 1 is 1.29 bits per heavy atom. The highest BCUT2D eigenvalue weighted by Gasteiger charge is 2.30. The third-order valence-corrected chi connectivity index (χ3v) is 5.65. The van der Waals surface area contributed by atoms with Gasteiger partial charge in [0.05, 0.1) is 18.6 Å². The molecule has 1 heterocycles. The highest BCUT2D eigenvalue weighted by molar-refractivity contribution is 7.91. The molecule has 1 aliphatic heterocycles. The first-order valence-electron chi connectivity index (χ1n) is 7.33. The van der Waals surface area contributed by atoms with Gasteiger partial charge in [-0.15, -0.1) is 0 Å². The van der Waals surface area contributed by atoms with E-state index in [1.165, 1.54) is 12.8 Å². The van der Waals surface area contributed by atoms with Crippen LogP contribution < -0.4 is 14.8 Å². The number of sulfone groups is 1. The molecule has 6 heteroatoms. The summed E-state index contributed by atoms with van der Waals surface area (Å²) in [4.78, 5) is 0. The number of benzene rings is 1. The van der Waals surface area contributed by atoms with E-state index in [0.717, 1.165) is 23.6 Å². The van der Waals surface area contributed by atoms with Gasteiger partial charge in [0.15, 0.2) is 9.84 Å². The van der Waals surface area contributed by atoms with E-state index in [9.17, 15) is 8.42 Å². The minimum absolute atomic E-state index is 0.120. The molecule has 1 saturated heterocycles. The number of methoxy groups -OCH3 is 1. The van der Waals surface area contributed by atoms with Crippen LogP contribution in [0.5, 0.6) is 11.5 Å². The molecule has 5 nitrogen and oxygen atoms in total. The van der Waals surface area contributed by atoms with E-state index < -0.39 is 9.84 Å². The summed E-state index contributed by atoms with van der Waals surface area (Å²) in [5, 5.41) is 3.45. The van der Waals surface area contributed by atoms with E-state index in [1.807, 2.05) is 18.2 Å². The van der Waals surface area contributed by atoms with Gasteiger partial charge in [-0.1, -0.05) is 0 Å². The normalized spacial score (nSPS) is 24.0. The topological polar surface area (TPSA) is 64.6 Å². The van der Waals surface area contributed by atoms with Crippen molar-refractivity contribution in [2.24, 2.45) is 0 Å². The highest BCUT2D eigenvalue weighted by Crippen LogP contribution is 2.28. The average molecular weight is 311 g/mol. The van der Waals surface area contributed by atoms with Crippen LogP contribution in [0.2, 0.25) is 0 Å². The van der Waals surface area contributed by atoms with Gasteiger partial charge in [-0.25, -0.2) is 8.42 Å². The molecule has 0 bridgehead atoms. The first-order chi connectivity index (χ1) is 10.1. The standard InChI is InChI=1S/C15H21NO4S/c1-19-13-4-5-15(11(8-13)9-16-12-2-3-12)20-14-6-7-21(17,18)10-14/h4-5,8,12,14,16H,2-3,6-7,9-10H2,1H3. The van der Waals surface area contributed by atoms with Crippen molar-refractivity contribution in [3.8, 4) is 11.5 Å². The van der Waals surface area contributed by atoms with E-state index in [0.29, 0.717) is 12.5 Å². The second-order valence-corrected chi connectivity index (χ2v) is 8.00. The summed E-state index contributed by atoms with van der Waals surface area (Å²) in [6.07, 6.45) is 2.79. The van der Waals surface area contributed by atoms with Crippen LogP contribution >= 0.6 is 0 Å². The van der Waals surface area contributed by atoms with Crippen LogP contribution in [0.4, 0.5) is 0 Å². The number of ether oxygens (including phenoxy) is 2. The quantitative estimate of drug-likeness (QED) is 0.863. The Labute approximate surface area is 125 Å². The zero-order valence-electron chi connectivity index (χ0n) is 12.2. The summed E-state index contributed by atoms with van der Waals surface area (Å²) >= 11 is 0. The molecule has 0 aromatic heterocycles. The minimum Gasteiger partial charge on any atom is -0.497 e. The van der Waals surface area contributed by atoms with Crippen molar-refractivity contribution in [1.29, 1.82) is 0 Å². The van der Waals surface area contributed by atoms with Crippen LogP contribution in [0.15, 0.2) is 18.2 Å². The SMILES string of the molecule is COc1ccc(OC2CCS(=O)(=O)C2)c(CNC2CC2)c1. The summed E-state index contributed by atoms with van der Waals surface area (Å²) in [6.45, 7) is 0.719. The van der Waals surface area contributed by atoms with Crippen LogP contribution in [-0.4, -0.2) is 39.2 Å². The minimum atomic E-state index is -2.92.